The number of nitrogens with zero attached hydrogens (tertiary/aromatic N) is 1. The second-order valence-electron chi connectivity index (χ2n) is 6.91. The van der Waals surface area contributed by atoms with Crippen LogP contribution < -0.4 is 11.1 Å². The summed E-state index contributed by atoms with van der Waals surface area (Å²) in [5, 5.41) is 3.79. The summed E-state index contributed by atoms with van der Waals surface area (Å²) in [7, 11) is 1.36. The Balaban J connectivity index is 1.92. The van der Waals surface area contributed by atoms with E-state index in [4.69, 9.17) is 10.5 Å². The topological polar surface area (TPSA) is 94.3 Å². The van der Waals surface area contributed by atoms with Crippen molar-refractivity contribution in [3.8, 4) is 0 Å². The zero-order valence-electron chi connectivity index (χ0n) is 15.1. The molecule has 0 radical (unpaired) electrons. The van der Waals surface area contributed by atoms with Gasteiger partial charge in [0, 0.05) is 5.39 Å². The summed E-state index contributed by atoms with van der Waals surface area (Å²) in [6, 6.07) is 9.21. The number of nitrogens with two attached hydrogens (primary N) is 1. The van der Waals surface area contributed by atoms with E-state index in [2.05, 4.69) is 10.3 Å². The van der Waals surface area contributed by atoms with Crippen LogP contribution in [-0.2, 0) is 9.53 Å². The van der Waals surface area contributed by atoms with Gasteiger partial charge in [0.25, 0.3) is 5.91 Å². The van der Waals surface area contributed by atoms with E-state index < -0.39 is 17.4 Å². The second-order valence-corrected chi connectivity index (χ2v) is 6.91. The van der Waals surface area contributed by atoms with E-state index in [-0.39, 0.29) is 5.69 Å². The summed E-state index contributed by atoms with van der Waals surface area (Å²) in [6.45, 7) is 0. The maximum atomic E-state index is 12.9. The maximum Gasteiger partial charge on any atom is 0.331 e. The third kappa shape index (κ3) is 3.64. The highest BCUT2D eigenvalue weighted by Gasteiger charge is 2.41. The molecule has 0 unspecified atom stereocenters. The summed E-state index contributed by atoms with van der Waals surface area (Å²) in [5.41, 5.74) is 6.19. The molecule has 0 spiro atoms. The number of carbonyl (C=O) groups is 2. The van der Waals surface area contributed by atoms with Crippen molar-refractivity contribution in [1.82, 2.24) is 10.3 Å². The number of para-hydroxylation sites is 1. The monoisotopic (exact) mass is 355 g/mol. The van der Waals surface area contributed by atoms with Crippen LogP contribution in [0.15, 0.2) is 30.3 Å². The van der Waals surface area contributed by atoms with Gasteiger partial charge in [0.1, 0.15) is 5.54 Å². The lowest BCUT2D eigenvalue weighted by molar-refractivity contribution is -0.149. The van der Waals surface area contributed by atoms with E-state index in [0.717, 1.165) is 37.5 Å². The quantitative estimate of drug-likeness (QED) is 0.825. The second kappa shape index (κ2) is 7.72. The van der Waals surface area contributed by atoms with Crippen molar-refractivity contribution < 1.29 is 14.3 Å². The van der Waals surface area contributed by atoms with Crippen LogP contribution >= 0.6 is 0 Å². The van der Waals surface area contributed by atoms with Gasteiger partial charge in [0.2, 0.25) is 0 Å². The van der Waals surface area contributed by atoms with E-state index >= 15 is 0 Å². The minimum Gasteiger partial charge on any atom is -0.467 e. The Bertz CT molecular complexity index is 811. The number of hydrogen-bond acceptors (Lipinski definition) is 5. The van der Waals surface area contributed by atoms with Crippen molar-refractivity contribution in [2.75, 3.05) is 12.8 Å². The van der Waals surface area contributed by atoms with Gasteiger partial charge in [0.05, 0.1) is 18.3 Å². The zero-order valence-corrected chi connectivity index (χ0v) is 15.1. The summed E-state index contributed by atoms with van der Waals surface area (Å²) in [6.07, 6.45) is 6.13. The highest BCUT2D eigenvalue weighted by atomic mass is 16.5. The van der Waals surface area contributed by atoms with Crippen LogP contribution in [0.4, 0.5) is 5.69 Å². The first-order chi connectivity index (χ1) is 12.6. The number of methoxy groups -OCH3 is 1. The molecule has 3 N–H and O–H groups in total. The minimum atomic E-state index is -1.01. The number of rotatable bonds is 3. The van der Waals surface area contributed by atoms with E-state index in [1.165, 1.54) is 7.11 Å². The fourth-order valence-electron chi connectivity index (χ4n) is 3.68. The minimum absolute atomic E-state index is 0.147. The number of aromatic nitrogens is 1. The molecule has 1 amide bonds. The van der Waals surface area contributed by atoms with E-state index in [0.29, 0.717) is 24.0 Å². The number of anilines is 1. The van der Waals surface area contributed by atoms with Crippen LogP contribution in [0.5, 0.6) is 0 Å². The summed E-state index contributed by atoms with van der Waals surface area (Å²) in [5.74, 6) is -0.827. The molecule has 1 aromatic carbocycles. The van der Waals surface area contributed by atoms with Crippen molar-refractivity contribution in [3.05, 3.63) is 36.0 Å². The number of ether oxygens (including phenoxy) is 1. The smallest absolute Gasteiger partial charge is 0.331 e. The molecule has 138 valence electrons. The van der Waals surface area contributed by atoms with Crippen molar-refractivity contribution in [3.63, 3.8) is 0 Å². The van der Waals surface area contributed by atoms with E-state index in [1.54, 1.807) is 6.07 Å². The molecule has 0 atom stereocenters. The number of fused-ring (bicyclic) bond motifs is 1. The molecule has 1 aliphatic rings. The van der Waals surface area contributed by atoms with Crippen molar-refractivity contribution in [2.24, 2.45) is 0 Å². The largest absolute Gasteiger partial charge is 0.467 e. The van der Waals surface area contributed by atoms with Gasteiger partial charge in [-0.15, -0.1) is 0 Å². The van der Waals surface area contributed by atoms with Gasteiger partial charge < -0.3 is 15.8 Å². The summed E-state index contributed by atoms with van der Waals surface area (Å²) < 4.78 is 5.02. The van der Waals surface area contributed by atoms with Crippen LogP contribution in [0.25, 0.3) is 10.9 Å². The Kier molecular flexibility index (Phi) is 5.40. The Labute approximate surface area is 153 Å². The molecule has 0 bridgehead atoms. The van der Waals surface area contributed by atoms with Crippen molar-refractivity contribution in [1.29, 1.82) is 0 Å². The zero-order chi connectivity index (χ0) is 18.6. The molecule has 6 nitrogen and oxygen atoms in total. The molecule has 6 heteroatoms. The molecule has 26 heavy (non-hydrogen) atoms. The molecular weight excluding hydrogens is 330 g/mol. The van der Waals surface area contributed by atoms with Gasteiger partial charge in [-0.3, -0.25) is 4.79 Å². The molecule has 1 fully saturated rings. The summed E-state index contributed by atoms with van der Waals surface area (Å²) in [4.78, 5) is 29.9. The van der Waals surface area contributed by atoms with E-state index in [1.807, 2.05) is 24.3 Å². The van der Waals surface area contributed by atoms with Crippen LogP contribution in [0.1, 0.15) is 55.4 Å². The van der Waals surface area contributed by atoms with Gasteiger partial charge in [-0.05, 0) is 25.0 Å². The van der Waals surface area contributed by atoms with Gasteiger partial charge >= 0.3 is 5.97 Å². The van der Waals surface area contributed by atoms with Crippen LogP contribution in [-0.4, -0.2) is 29.5 Å². The lowest BCUT2D eigenvalue weighted by Crippen LogP contribution is -2.55. The van der Waals surface area contributed by atoms with Crippen molar-refractivity contribution >= 4 is 28.5 Å². The molecule has 2 aromatic rings. The average molecular weight is 355 g/mol. The van der Waals surface area contributed by atoms with Crippen molar-refractivity contribution in [2.45, 2.75) is 50.5 Å². The summed E-state index contributed by atoms with van der Waals surface area (Å²) >= 11 is 0. The molecule has 3 rings (SSSR count). The highest BCUT2D eigenvalue weighted by Crippen LogP contribution is 2.29. The fourth-order valence-corrected chi connectivity index (χ4v) is 3.68. The molecule has 1 saturated carbocycles. The van der Waals surface area contributed by atoms with Gasteiger partial charge in [-0.2, -0.15) is 0 Å². The van der Waals surface area contributed by atoms with Gasteiger partial charge in [-0.1, -0.05) is 50.3 Å². The first-order valence-corrected chi connectivity index (χ1v) is 9.12. The Morgan fingerprint density at radius 3 is 2.46 bits per heavy atom. The lowest BCUT2D eigenvalue weighted by Gasteiger charge is -2.33. The Hall–Kier alpha value is -2.63. The molecule has 1 aromatic heterocycles. The number of esters is 1. The third-order valence-electron chi connectivity index (χ3n) is 5.10. The number of amides is 1. The lowest BCUT2D eigenvalue weighted by atomic mass is 9.83. The standard InChI is InChI=1S/C20H25N3O3/c1-26-19(25)20(11-7-3-2-4-8-12-20)23-18(24)17-15(21)13-14-9-5-6-10-16(14)22-17/h5-6,9-10,13H,2-4,7-8,11-12,21H2,1H3,(H,23,24). The number of carbonyl (C=O) groups excluding carboxylic acids is 2. The number of benzene rings is 1. The Morgan fingerprint density at radius 1 is 1.12 bits per heavy atom. The third-order valence-corrected chi connectivity index (χ3v) is 5.10. The predicted molar refractivity (Wildman–Crippen MR) is 101 cm³/mol. The van der Waals surface area contributed by atoms with Crippen LogP contribution in [0.3, 0.4) is 0 Å². The first kappa shape index (κ1) is 18.2. The number of nitrogens with one attached hydrogen (secondary N) is 1. The highest BCUT2D eigenvalue weighted by molar-refractivity contribution is 6.02. The molecular formula is C20H25N3O3. The average Bonchev–Trinajstić information content (AvgIpc) is 2.62. The van der Waals surface area contributed by atoms with Crippen LogP contribution in [0, 0.1) is 0 Å². The normalized spacial score (nSPS) is 17.1. The molecule has 1 heterocycles. The SMILES string of the molecule is COC(=O)C1(NC(=O)c2nc3ccccc3cc2N)CCCCCCC1. The number of hydrogen-bond donors (Lipinski definition) is 2. The molecule has 0 saturated heterocycles. The fraction of sp³-hybridized carbons (Fsp3) is 0.450. The van der Waals surface area contributed by atoms with E-state index in [9.17, 15) is 9.59 Å². The maximum absolute atomic E-state index is 12.9. The number of pyridine rings is 1. The molecule has 0 aliphatic heterocycles. The van der Waals surface area contributed by atoms with Gasteiger partial charge in [-0.25, -0.2) is 9.78 Å². The van der Waals surface area contributed by atoms with Crippen LogP contribution in [0.2, 0.25) is 0 Å². The Morgan fingerprint density at radius 2 is 1.77 bits per heavy atom. The van der Waals surface area contributed by atoms with Gasteiger partial charge in [0.15, 0.2) is 5.69 Å². The first-order valence-electron chi connectivity index (χ1n) is 9.12. The number of nitrogen functional groups attached to an aromatic ring is 1. The predicted octanol–water partition coefficient (Wildman–Crippen LogP) is 3.20. The molecule has 1 aliphatic carbocycles.